The van der Waals surface area contributed by atoms with Gasteiger partial charge in [-0.3, -0.25) is 0 Å². The van der Waals surface area contributed by atoms with E-state index in [2.05, 4.69) is 0 Å². The highest BCUT2D eigenvalue weighted by Crippen LogP contribution is 2.20. The summed E-state index contributed by atoms with van der Waals surface area (Å²) >= 11 is 0. The first kappa shape index (κ1) is 13.7. The lowest BCUT2D eigenvalue weighted by atomic mass is 10.2. The first-order valence-corrected chi connectivity index (χ1v) is 8.09. The molecule has 0 fully saturated rings. The summed E-state index contributed by atoms with van der Waals surface area (Å²) in [6.07, 6.45) is 1.77. The Hall–Kier alpha value is -1.41. The van der Waals surface area contributed by atoms with Crippen molar-refractivity contribution < 1.29 is 26.7 Å². The lowest BCUT2D eigenvalue weighted by Crippen LogP contribution is -2.09. The van der Waals surface area contributed by atoms with Gasteiger partial charge in [0.05, 0.1) is 15.4 Å². The van der Waals surface area contributed by atoms with Crippen LogP contribution in [-0.4, -0.2) is 40.4 Å². The van der Waals surface area contributed by atoms with Crippen LogP contribution in [0, 0.1) is 0 Å². The van der Waals surface area contributed by atoms with Crippen molar-refractivity contribution in [3.63, 3.8) is 0 Å². The number of carbonyl (C=O) groups is 1. The third-order valence-corrected chi connectivity index (χ3v) is 4.27. The van der Waals surface area contributed by atoms with Gasteiger partial charge in [-0.15, -0.1) is 0 Å². The Morgan fingerprint density at radius 2 is 1.59 bits per heavy atom. The van der Waals surface area contributed by atoms with Crippen LogP contribution in [0.1, 0.15) is 10.4 Å². The van der Waals surface area contributed by atoms with Crippen molar-refractivity contribution in [3.8, 4) is 0 Å². The fourth-order valence-corrected chi connectivity index (χ4v) is 2.74. The Morgan fingerprint density at radius 3 is 1.94 bits per heavy atom. The van der Waals surface area contributed by atoms with E-state index in [1.54, 1.807) is 0 Å². The predicted molar refractivity (Wildman–Crippen MR) is 59.6 cm³/mol. The lowest BCUT2D eigenvalue weighted by molar-refractivity contribution is 0.0692. The minimum Gasteiger partial charge on any atom is -0.478 e. The average Bonchev–Trinajstić information content (AvgIpc) is 2.14. The second kappa shape index (κ2) is 4.11. The van der Waals surface area contributed by atoms with E-state index >= 15 is 0 Å². The highest BCUT2D eigenvalue weighted by atomic mass is 32.2. The van der Waals surface area contributed by atoms with Gasteiger partial charge in [0.25, 0.3) is 0 Å². The topological polar surface area (TPSA) is 106 Å². The second-order valence-electron chi connectivity index (χ2n) is 3.51. The van der Waals surface area contributed by atoms with Crippen LogP contribution >= 0.6 is 0 Å². The Labute approximate surface area is 98.7 Å². The molecule has 0 heterocycles. The van der Waals surface area contributed by atoms with Crippen molar-refractivity contribution in [2.45, 2.75) is 9.79 Å². The van der Waals surface area contributed by atoms with Gasteiger partial charge in [0.1, 0.15) is 0 Å². The molecule has 0 aromatic heterocycles. The van der Waals surface area contributed by atoms with Gasteiger partial charge in [-0.25, -0.2) is 21.6 Å². The van der Waals surface area contributed by atoms with Crippen LogP contribution in [-0.2, 0) is 19.7 Å². The lowest BCUT2D eigenvalue weighted by Gasteiger charge is -2.06. The standard InChI is InChI=1S/C9H10O6S2/c1-16(12,13)6-3-4-8(17(2,14)15)7(5-6)9(10)11/h3-5H,1-2H3,(H,10,11). The molecule has 0 saturated heterocycles. The molecule has 0 aliphatic heterocycles. The number of aromatic carboxylic acids is 1. The van der Waals surface area contributed by atoms with Crippen LogP contribution in [0.2, 0.25) is 0 Å². The Kier molecular flexibility index (Phi) is 3.30. The minimum absolute atomic E-state index is 0.234. The Bertz CT molecular complexity index is 669. The molecule has 1 aromatic carbocycles. The molecule has 1 aromatic rings. The van der Waals surface area contributed by atoms with E-state index in [0.29, 0.717) is 0 Å². The predicted octanol–water partition coefficient (Wildman–Crippen LogP) is 0.192. The molecule has 0 atom stereocenters. The van der Waals surface area contributed by atoms with Gasteiger partial charge in [-0.2, -0.15) is 0 Å². The summed E-state index contributed by atoms with van der Waals surface area (Å²) < 4.78 is 45.1. The molecule has 94 valence electrons. The number of hydrogen-bond acceptors (Lipinski definition) is 5. The molecular formula is C9H10O6S2. The van der Waals surface area contributed by atoms with Crippen LogP contribution in [0.25, 0.3) is 0 Å². The van der Waals surface area contributed by atoms with E-state index in [9.17, 15) is 21.6 Å². The average molecular weight is 278 g/mol. The molecule has 0 bridgehead atoms. The van der Waals surface area contributed by atoms with Gasteiger partial charge < -0.3 is 5.11 Å². The molecule has 1 rings (SSSR count). The molecule has 0 aliphatic carbocycles. The van der Waals surface area contributed by atoms with E-state index in [-0.39, 0.29) is 4.90 Å². The summed E-state index contributed by atoms with van der Waals surface area (Å²) in [7, 11) is -7.30. The molecule has 0 aliphatic rings. The summed E-state index contributed by atoms with van der Waals surface area (Å²) in [5.41, 5.74) is -0.546. The van der Waals surface area contributed by atoms with Gasteiger partial charge in [-0.1, -0.05) is 0 Å². The van der Waals surface area contributed by atoms with Crippen molar-refractivity contribution in [3.05, 3.63) is 23.8 Å². The largest absolute Gasteiger partial charge is 0.478 e. The van der Waals surface area contributed by atoms with Crippen molar-refractivity contribution in [2.24, 2.45) is 0 Å². The normalized spacial score (nSPS) is 12.4. The highest BCUT2D eigenvalue weighted by molar-refractivity contribution is 7.91. The van der Waals surface area contributed by atoms with E-state index in [1.807, 2.05) is 0 Å². The first-order chi connectivity index (χ1) is 7.53. The number of rotatable bonds is 3. The summed E-state index contributed by atoms with van der Waals surface area (Å²) in [6, 6.07) is 2.89. The van der Waals surface area contributed by atoms with Gasteiger partial charge in [0, 0.05) is 12.5 Å². The zero-order valence-corrected chi connectivity index (χ0v) is 10.7. The van der Waals surface area contributed by atoms with E-state index in [0.717, 1.165) is 30.7 Å². The molecule has 0 spiro atoms. The zero-order chi connectivity index (χ0) is 13.4. The SMILES string of the molecule is CS(=O)(=O)c1ccc(S(C)(=O)=O)c(C(=O)O)c1. The molecule has 6 nitrogen and oxygen atoms in total. The molecule has 17 heavy (non-hydrogen) atoms. The number of benzene rings is 1. The van der Waals surface area contributed by atoms with Crippen LogP contribution < -0.4 is 0 Å². The number of carboxylic acid groups (broad SMARTS) is 1. The third kappa shape index (κ3) is 3.04. The summed E-state index contributed by atoms with van der Waals surface area (Å²) in [5.74, 6) is -1.49. The van der Waals surface area contributed by atoms with Gasteiger partial charge in [0.2, 0.25) is 0 Å². The molecular weight excluding hydrogens is 268 g/mol. The molecule has 8 heteroatoms. The van der Waals surface area contributed by atoms with Gasteiger partial charge in [-0.05, 0) is 18.2 Å². The number of hydrogen-bond donors (Lipinski definition) is 1. The molecule has 0 amide bonds. The maximum atomic E-state index is 11.3. The Morgan fingerprint density at radius 1 is 1.06 bits per heavy atom. The smallest absolute Gasteiger partial charge is 0.337 e. The fraction of sp³-hybridized carbons (Fsp3) is 0.222. The zero-order valence-electron chi connectivity index (χ0n) is 9.04. The van der Waals surface area contributed by atoms with Crippen LogP contribution in [0.15, 0.2) is 28.0 Å². The molecule has 0 saturated carbocycles. The second-order valence-corrected chi connectivity index (χ2v) is 7.51. The highest BCUT2D eigenvalue weighted by Gasteiger charge is 2.21. The van der Waals surface area contributed by atoms with E-state index in [1.165, 1.54) is 0 Å². The summed E-state index contributed by atoms with van der Waals surface area (Å²) in [5, 5.41) is 8.86. The van der Waals surface area contributed by atoms with Crippen molar-refractivity contribution in [1.82, 2.24) is 0 Å². The van der Waals surface area contributed by atoms with Crippen molar-refractivity contribution in [2.75, 3.05) is 12.5 Å². The van der Waals surface area contributed by atoms with Crippen molar-refractivity contribution >= 4 is 25.6 Å². The number of carboxylic acids is 1. The summed E-state index contributed by atoms with van der Waals surface area (Å²) in [4.78, 5) is 10.2. The van der Waals surface area contributed by atoms with Gasteiger partial charge in [0.15, 0.2) is 19.7 Å². The van der Waals surface area contributed by atoms with E-state index < -0.39 is 36.1 Å². The third-order valence-electron chi connectivity index (χ3n) is 2.01. The summed E-state index contributed by atoms with van der Waals surface area (Å²) in [6.45, 7) is 0. The van der Waals surface area contributed by atoms with Gasteiger partial charge >= 0.3 is 5.97 Å². The number of sulfone groups is 2. The quantitative estimate of drug-likeness (QED) is 0.846. The fourth-order valence-electron chi connectivity index (χ4n) is 1.23. The first-order valence-electron chi connectivity index (χ1n) is 4.31. The maximum Gasteiger partial charge on any atom is 0.337 e. The molecule has 0 unspecified atom stereocenters. The molecule has 0 radical (unpaired) electrons. The minimum atomic E-state index is -3.72. The molecule has 1 N–H and O–H groups in total. The van der Waals surface area contributed by atoms with Crippen LogP contribution in [0.4, 0.5) is 0 Å². The monoisotopic (exact) mass is 278 g/mol. The maximum absolute atomic E-state index is 11.3. The Balaban J connectivity index is 3.66. The van der Waals surface area contributed by atoms with Crippen LogP contribution in [0.5, 0.6) is 0 Å². The van der Waals surface area contributed by atoms with Crippen molar-refractivity contribution in [1.29, 1.82) is 0 Å². The van der Waals surface area contributed by atoms with Crippen LogP contribution in [0.3, 0.4) is 0 Å². The van der Waals surface area contributed by atoms with E-state index in [4.69, 9.17) is 5.11 Å².